The molecule has 0 atom stereocenters. The molecular weight excluding hydrogens is 344 g/mol. The van der Waals surface area contributed by atoms with Crippen molar-refractivity contribution in [1.29, 1.82) is 0 Å². The number of methoxy groups -OCH3 is 2. The number of H-pyrrole nitrogens is 2. The fourth-order valence-corrected chi connectivity index (χ4v) is 3.39. The summed E-state index contributed by atoms with van der Waals surface area (Å²) in [5, 5.41) is 10.3. The second-order valence-corrected chi connectivity index (χ2v) is 6.19. The molecule has 0 aliphatic heterocycles. The van der Waals surface area contributed by atoms with Crippen molar-refractivity contribution < 1.29 is 14.1 Å². The number of fused-ring (bicyclic) bond motifs is 2. The number of aromatic nitrogens is 4. The highest BCUT2D eigenvalue weighted by Gasteiger charge is 2.21. The van der Waals surface area contributed by atoms with Gasteiger partial charge in [0.15, 0.2) is 0 Å². The van der Waals surface area contributed by atoms with Crippen molar-refractivity contribution in [3.63, 3.8) is 0 Å². The second kappa shape index (κ2) is 5.91. The molecular formula is C20H16N4O3. The maximum absolute atomic E-state index is 5.36. The predicted molar refractivity (Wildman–Crippen MR) is 102 cm³/mol. The molecule has 0 saturated carbocycles. The van der Waals surface area contributed by atoms with Gasteiger partial charge in [0.1, 0.15) is 22.9 Å². The Hall–Kier alpha value is -3.74. The topological polar surface area (TPSA) is 89.0 Å². The van der Waals surface area contributed by atoms with E-state index in [0.717, 1.165) is 44.4 Å². The van der Waals surface area contributed by atoms with E-state index in [4.69, 9.17) is 14.1 Å². The van der Waals surface area contributed by atoms with Crippen molar-refractivity contribution in [3.8, 4) is 34.0 Å². The van der Waals surface area contributed by atoms with Crippen molar-refractivity contribution in [2.45, 2.75) is 0 Å². The van der Waals surface area contributed by atoms with Gasteiger partial charge in [0, 0.05) is 45.3 Å². The van der Waals surface area contributed by atoms with Gasteiger partial charge in [0.2, 0.25) is 0 Å². The lowest BCUT2D eigenvalue weighted by Gasteiger charge is -2.02. The number of nitrogens with zero attached hydrogens (tertiary/aromatic N) is 2. The molecule has 0 bridgehead atoms. The van der Waals surface area contributed by atoms with E-state index < -0.39 is 0 Å². The Labute approximate surface area is 153 Å². The number of hydrogen-bond donors (Lipinski definition) is 2. The summed E-state index contributed by atoms with van der Waals surface area (Å²) in [6.45, 7) is 0. The zero-order chi connectivity index (χ0) is 18.4. The molecule has 7 nitrogen and oxygen atoms in total. The maximum atomic E-state index is 5.36. The van der Waals surface area contributed by atoms with Crippen molar-refractivity contribution >= 4 is 21.8 Å². The number of benzene rings is 2. The summed E-state index contributed by atoms with van der Waals surface area (Å²) in [7, 11) is 3.30. The van der Waals surface area contributed by atoms with Gasteiger partial charge in [-0.05, 0) is 46.7 Å². The van der Waals surface area contributed by atoms with Crippen LogP contribution in [0.1, 0.15) is 0 Å². The van der Waals surface area contributed by atoms with E-state index >= 15 is 0 Å². The van der Waals surface area contributed by atoms with Crippen molar-refractivity contribution in [1.82, 2.24) is 20.3 Å². The molecule has 0 fully saturated rings. The number of hydrogen-bond acceptors (Lipinski definition) is 5. The Kier molecular flexibility index (Phi) is 3.39. The molecule has 5 aromatic rings. The van der Waals surface area contributed by atoms with Gasteiger partial charge in [-0.3, -0.25) is 0 Å². The van der Waals surface area contributed by atoms with Gasteiger partial charge in [0.25, 0.3) is 0 Å². The zero-order valence-electron chi connectivity index (χ0n) is 14.7. The third kappa shape index (κ3) is 2.36. The SMILES string of the molecule is COc1ccc2[nH]cc(-c3nonc3-c3c[nH]c4ccc(OC)cc34)c2c1. The van der Waals surface area contributed by atoms with Gasteiger partial charge >= 0.3 is 0 Å². The highest BCUT2D eigenvalue weighted by atomic mass is 16.6. The van der Waals surface area contributed by atoms with Crippen molar-refractivity contribution in [2.75, 3.05) is 14.2 Å². The summed E-state index contributed by atoms with van der Waals surface area (Å²) in [5.74, 6) is 1.55. The molecule has 0 aliphatic carbocycles. The number of ether oxygens (including phenoxy) is 2. The summed E-state index contributed by atoms with van der Waals surface area (Å²) >= 11 is 0. The molecule has 0 spiro atoms. The molecule has 0 unspecified atom stereocenters. The Balaban J connectivity index is 1.72. The van der Waals surface area contributed by atoms with Crippen LogP contribution in [0.3, 0.4) is 0 Å². The van der Waals surface area contributed by atoms with Crippen LogP contribution in [0.2, 0.25) is 0 Å². The van der Waals surface area contributed by atoms with Crippen LogP contribution in [0.15, 0.2) is 53.4 Å². The Morgan fingerprint density at radius 1 is 0.741 bits per heavy atom. The summed E-state index contributed by atoms with van der Waals surface area (Å²) in [6, 6.07) is 11.7. The van der Waals surface area contributed by atoms with Crippen LogP contribution < -0.4 is 9.47 Å². The third-order valence-corrected chi connectivity index (χ3v) is 4.78. The number of rotatable bonds is 4. The second-order valence-electron chi connectivity index (χ2n) is 6.19. The quantitative estimate of drug-likeness (QED) is 0.496. The lowest BCUT2D eigenvalue weighted by atomic mass is 10.0. The smallest absolute Gasteiger partial charge is 0.145 e. The van der Waals surface area contributed by atoms with Gasteiger partial charge in [0.05, 0.1) is 14.2 Å². The molecule has 0 saturated heterocycles. The molecule has 0 amide bonds. The average Bonchev–Trinajstić information content (AvgIpc) is 3.43. The molecule has 7 heteroatoms. The summed E-state index contributed by atoms with van der Waals surface area (Å²) in [6.07, 6.45) is 3.81. The van der Waals surface area contributed by atoms with Gasteiger partial charge in [-0.1, -0.05) is 0 Å². The van der Waals surface area contributed by atoms with Crippen LogP contribution in [0.5, 0.6) is 11.5 Å². The van der Waals surface area contributed by atoms with Crippen LogP contribution in [0, 0.1) is 0 Å². The molecule has 3 heterocycles. The minimum Gasteiger partial charge on any atom is -0.497 e. The predicted octanol–water partition coefficient (Wildman–Crippen LogP) is 4.38. The molecule has 134 valence electrons. The molecule has 27 heavy (non-hydrogen) atoms. The maximum Gasteiger partial charge on any atom is 0.145 e. The first-order valence-corrected chi connectivity index (χ1v) is 8.42. The van der Waals surface area contributed by atoms with Gasteiger partial charge in [-0.15, -0.1) is 0 Å². The zero-order valence-corrected chi connectivity index (χ0v) is 14.7. The molecule has 5 rings (SSSR count). The van der Waals surface area contributed by atoms with Gasteiger partial charge in [-0.2, -0.15) is 0 Å². The van der Waals surface area contributed by atoms with Crippen LogP contribution in [-0.4, -0.2) is 34.5 Å². The van der Waals surface area contributed by atoms with Crippen molar-refractivity contribution in [2.24, 2.45) is 0 Å². The summed E-state index contributed by atoms with van der Waals surface area (Å²) < 4.78 is 15.8. The van der Waals surface area contributed by atoms with E-state index in [1.807, 2.05) is 48.8 Å². The largest absolute Gasteiger partial charge is 0.497 e. The minimum atomic E-state index is 0.665. The van der Waals surface area contributed by atoms with E-state index in [0.29, 0.717) is 11.4 Å². The summed E-state index contributed by atoms with van der Waals surface area (Å²) in [5.41, 5.74) is 5.10. The Morgan fingerprint density at radius 2 is 1.22 bits per heavy atom. The standard InChI is InChI=1S/C20H16N4O3/c1-25-11-3-5-17-13(7-11)15(9-21-17)19-20(24-27-23-19)16-10-22-18-6-4-12(26-2)8-14(16)18/h3-10,21-22H,1-2H3. The summed E-state index contributed by atoms with van der Waals surface area (Å²) in [4.78, 5) is 6.53. The number of nitrogens with one attached hydrogen (secondary N) is 2. The Morgan fingerprint density at radius 3 is 1.67 bits per heavy atom. The third-order valence-electron chi connectivity index (χ3n) is 4.78. The first kappa shape index (κ1) is 15.5. The fourth-order valence-electron chi connectivity index (χ4n) is 3.39. The normalized spacial score (nSPS) is 11.3. The van der Waals surface area contributed by atoms with Crippen LogP contribution in [0.25, 0.3) is 44.3 Å². The fraction of sp³-hybridized carbons (Fsp3) is 0.100. The van der Waals surface area contributed by atoms with Crippen LogP contribution in [0.4, 0.5) is 0 Å². The number of aromatic amines is 2. The molecule has 2 aromatic carbocycles. The lowest BCUT2D eigenvalue weighted by Crippen LogP contribution is -1.85. The van der Waals surface area contributed by atoms with E-state index in [-0.39, 0.29) is 0 Å². The monoisotopic (exact) mass is 360 g/mol. The first-order valence-electron chi connectivity index (χ1n) is 8.42. The molecule has 3 aromatic heterocycles. The molecule has 0 aliphatic rings. The lowest BCUT2D eigenvalue weighted by molar-refractivity contribution is 0.310. The van der Waals surface area contributed by atoms with Gasteiger partial charge in [-0.25, -0.2) is 4.63 Å². The highest BCUT2D eigenvalue weighted by molar-refractivity contribution is 6.02. The van der Waals surface area contributed by atoms with E-state index in [1.54, 1.807) is 14.2 Å². The highest BCUT2D eigenvalue weighted by Crippen LogP contribution is 2.38. The molecule has 0 radical (unpaired) electrons. The van der Waals surface area contributed by atoms with Crippen molar-refractivity contribution in [3.05, 3.63) is 48.8 Å². The minimum absolute atomic E-state index is 0.665. The first-order chi connectivity index (χ1) is 13.3. The van der Waals surface area contributed by atoms with Crippen LogP contribution in [-0.2, 0) is 0 Å². The van der Waals surface area contributed by atoms with Gasteiger partial charge < -0.3 is 19.4 Å². The van der Waals surface area contributed by atoms with E-state index in [2.05, 4.69) is 20.3 Å². The Bertz CT molecular complexity index is 1170. The van der Waals surface area contributed by atoms with E-state index in [1.165, 1.54) is 0 Å². The average molecular weight is 360 g/mol. The van der Waals surface area contributed by atoms with Crippen LogP contribution >= 0.6 is 0 Å². The molecule has 2 N–H and O–H groups in total. The van der Waals surface area contributed by atoms with E-state index in [9.17, 15) is 0 Å².